The van der Waals surface area contributed by atoms with Crippen molar-refractivity contribution in [3.05, 3.63) is 35.4 Å². The van der Waals surface area contributed by atoms with Crippen molar-refractivity contribution in [3.8, 4) is 0 Å². The summed E-state index contributed by atoms with van der Waals surface area (Å²) in [7, 11) is 1.78. The monoisotopic (exact) mass is 249 g/mol. The molecule has 102 valence electrons. The summed E-state index contributed by atoms with van der Waals surface area (Å²) < 4.78 is 5.36. The predicted octanol–water partition coefficient (Wildman–Crippen LogP) is 3.19. The Kier molecular flexibility index (Phi) is 6.99. The Hall–Kier alpha value is -0.860. The minimum atomic E-state index is 0.309. The molecular weight excluding hydrogens is 222 g/mol. The highest BCUT2D eigenvalue weighted by Gasteiger charge is 2.12. The van der Waals surface area contributed by atoms with E-state index in [9.17, 15) is 0 Å². The van der Waals surface area contributed by atoms with Gasteiger partial charge in [0.2, 0.25) is 0 Å². The summed E-state index contributed by atoms with van der Waals surface area (Å²) in [5.41, 5.74) is 2.81. The highest BCUT2D eigenvalue weighted by Crippen LogP contribution is 2.11. The van der Waals surface area contributed by atoms with E-state index >= 15 is 0 Å². The number of hydrogen-bond acceptors (Lipinski definition) is 2. The molecule has 0 aliphatic rings. The normalized spacial score (nSPS) is 14.4. The third-order valence-electron chi connectivity index (χ3n) is 3.42. The van der Waals surface area contributed by atoms with Crippen LogP contribution in [0.3, 0.4) is 0 Å². The molecule has 18 heavy (non-hydrogen) atoms. The van der Waals surface area contributed by atoms with Crippen molar-refractivity contribution in [2.45, 2.75) is 52.2 Å². The summed E-state index contributed by atoms with van der Waals surface area (Å²) in [5, 5.41) is 3.54. The van der Waals surface area contributed by atoms with Crippen LogP contribution in [0.15, 0.2) is 24.3 Å². The van der Waals surface area contributed by atoms with E-state index in [0.717, 1.165) is 25.8 Å². The molecule has 1 aromatic rings. The Labute approximate surface area is 112 Å². The Balaban J connectivity index is 2.58. The van der Waals surface area contributed by atoms with Gasteiger partial charge in [0.05, 0.1) is 6.10 Å². The maximum absolute atomic E-state index is 5.36. The predicted molar refractivity (Wildman–Crippen MR) is 78.1 cm³/mol. The van der Waals surface area contributed by atoms with Crippen LogP contribution in [-0.2, 0) is 17.6 Å². The molecule has 0 saturated heterocycles. The number of hydrogen-bond donors (Lipinski definition) is 1. The fraction of sp³-hybridized carbons (Fsp3) is 0.625. The van der Waals surface area contributed by atoms with Crippen molar-refractivity contribution in [1.82, 2.24) is 5.32 Å². The third-order valence-corrected chi connectivity index (χ3v) is 3.42. The highest BCUT2D eigenvalue weighted by molar-refractivity contribution is 5.23. The van der Waals surface area contributed by atoms with E-state index in [2.05, 4.69) is 50.4 Å². The van der Waals surface area contributed by atoms with Gasteiger partial charge in [-0.25, -0.2) is 0 Å². The molecule has 2 nitrogen and oxygen atoms in total. The molecule has 1 aromatic carbocycles. The Morgan fingerprint density at radius 1 is 1.11 bits per heavy atom. The number of rotatable bonds is 8. The van der Waals surface area contributed by atoms with E-state index < -0.39 is 0 Å². The largest absolute Gasteiger partial charge is 0.382 e. The molecule has 0 amide bonds. The molecule has 2 heteroatoms. The van der Waals surface area contributed by atoms with E-state index in [0.29, 0.717) is 12.1 Å². The Morgan fingerprint density at radius 2 is 1.72 bits per heavy atom. The van der Waals surface area contributed by atoms with Crippen LogP contribution in [0.5, 0.6) is 0 Å². The number of benzene rings is 1. The van der Waals surface area contributed by atoms with Crippen LogP contribution in [0.4, 0.5) is 0 Å². The van der Waals surface area contributed by atoms with Crippen molar-refractivity contribution >= 4 is 0 Å². The van der Waals surface area contributed by atoms with Gasteiger partial charge in [-0.3, -0.25) is 0 Å². The highest BCUT2D eigenvalue weighted by atomic mass is 16.5. The number of methoxy groups -OCH3 is 1. The van der Waals surface area contributed by atoms with E-state index in [1.54, 1.807) is 7.11 Å². The first-order valence-corrected chi connectivity index (χ1v) is 7.03. The number of ether oxygens (including phenoxy) is 1. The van der Waals surface area contributed by atoms with Crippen molar-refractivity contribution < 1.29 is 4.74 Å². The van der Waals surface area contributed by atoms with Gasteiger partial charge < -0.3 is 10.1 Å². The standard InChI is InChI=1S/C16H27NO/c1-5-14-7-9-15(10-8-14)12-16(17-6-2)11-13(3)18-4/h7-10,13,16-17H,5-6,11-12H2,1-4H3. The van der Waals surface area contributed by atoms with E-state index in [4.69, 9.17) is 4.74 Å². The Morgan fingerprint density at radius 3 is 2.22 bits per heavy atom. The SMILES string of the molecule is CCNC(Cc1ccc(CC)cc1)CC(C)OC. The average molecular weight is 249 g/mol. The lowest BCUT2D eigenvalue weighted by atomic mass is 9.99. The van der Waals surface area contributed by atoms with Crippen LogP contribution in [0.25, 0.3) is 0 Å². The lowest BCUT2D eigenvalue weighted by Crippen LogP contribution is -2.34. The molecule has 2 atom stereocenters. The van der Waals surface area contributed by atoms with Crippen molar-refractivity contribution in [3.63, 3.8) is 0 Å². The fourth-order valence-corrected chi connectivity index (χ4v) is 2.22. The maximum atomic E-state index is 5.36. The van der Waals surface area contributed by atoms with Crippen LogP contribution in [0, 0.1) is 0 Å². The molecule has 0 aliphatic heterocycles. The molecule has 0 bridgehead atoms. The van der Waals surface area contributed by atoms with Gasteiger partial charge in [0.1, 0.15) is 0 Å². The summed E-state index contributed by atoms with van der Waals surface area (Å²) >= 11 is 0. The second kappa shape index (κ2) is 8.28. The van der Waals surface area contributed by atoms with Crippen LogP contribution in [0.2, 0.25) is 0 Å². The zero-order chi connectivity index (χ0) is 13.4. The van der Waals surface area contributed by atoms with Gasteiger partial charge in [0, 0.05) is 13.2 Å². The summed E-state index contributed by atoms with van der Waals surface area (Å²) in [5.74, 6) is 0. The molecule has 0 radical (unpaired) electrons. The van der Waals surface area contributed by atoms with Gasteiger partial charge in [-0.05, 0) is 43.9 Å². The number of aryl methyl sites for hydroxylation is 1. The molecule has 0 heterocycles. The van der Waals surface area contributed by atoms with Gasteiger partial charge >= 0.3 is 0 Å². The van der Waals surface area contributed by atoms with Crippen LogP contribution in [0.1, 0.15) is 38.3 Å². The topological polar surface area (TPSA) is 21.3 Å². The van der Waals surface area contributed by atoms with E-state index in [1.807, 2.05) is 0 Å². The molecule has 2 unspecified atom stereocenters. The minimum absolute atomic E-state index is 0.309. The van der Waals surface area contributed by atoms with Crippen molar-refractivity contribution in [2.75, 3.05) is 13.7 Å². The lowest BCUT2D eigenvalue weighted by Gasteiger charge is -2.21. The van der Waals surface area contributed by atoms with Crippen LogP contribution in [-0.4, -0.2) is 25.8 Å². The van der Waals surface area contributed by atoms with E-state index in [1.165, 1.54) is 11.1 Å². The molecule has 1 N–H and O–H groups in total. The first kappa shape index (κ1) is 15.2. The average Bonchev–Trinajstić information content (AvgIpc) is 2.39. The van der Waals surface area contributed by atoms with Gasteiger partial charge in [-0.1, -0.05) is 38.1 Å². The fourth-order valence-electron chi connectivity index (χ4n) is 2.22. The van der Waals surface area contributed by atoms with Crippen molar-refractivity contribution in [1.29, 1.82) is 0 Å². The molecular formula is C16H27NO. The molecule has 0 spiro atoms. The second-order valence-corrected chi connectivity index (χ2v) is 4.91. The number of likely N-dealkylation sites (N-methyl/N-ethyl adjacent to an activating group) is 1. The quantitative estimate of drug-likeness (QED) is 0.764. The zero-order valence-corrected chi connectivity index (χ0v) is 12.2. The van der Waals surface area contributed by atoms with Gasteiger partial charge in [0.15, 0.2) is 0 Å². The molecule has 0 aliphatic carbocycles. The van der Waals surface area contributed by atoms with Crippen LogP contribution >= 0.6 is 0 Å². The zero-order valence-electron chi connectivity index (χ0n) is 12.2. The van der Waals surface area contributed by atoms with Crippen molar-refractivity contribution in [2.24, 2.45) is 0 Å². The summed E-state index contributed by atoms with van der Waals surface area (Å²) in [6.45, 7) is 7.49. The van der Waals surface area contributed by atoms with Gasteiger partial charge in [-0.2, -0.15) is 0 Å². The molecule has 1 rings (SSSR count). The van der Waals surface area contributed by atoms with Gasteiger partial charge in [-0.15, -0.1) is 0 Å². The van der Waals surface area contributed by atoms with Gasteiger partial charge in [0.25, 0.3) is 0 Å². The summed E-state index contributed by atoms with van der Waals surface area (Å²) in [6, 6.07) is 9.47. The van der Waals surface area contributed by atoms with E-state index in [-0.39, 0.29) is 0 Å². The lowest BCUT2D eigenvalue weighted by molar-refractivity contribution is 0.101. The summed E-state index contributed by atoms with van der Waals surface area (Å²) in [6.07, 6.45) is 3.55. The Bertz CT molecular complexity index is 320. The summed E-state index contributed by atoms with van der Waals surface area (Å²) in [4.78, 5) is 0. The first-order chi connectivity index (χ1) is 8.69. The maximum Gasteiger partial charge on any atom is 0.0558 e. The minimum Gasteiger partial charge on any atom is -0.382 e. The van der Waals surface area contributed by atoms with Crippen LogP contribution < -0.4 is 5.32 Å². The first-order valence-electron chi connectivity index (χ1n) is 7.03. The third kappa shape index (κ3) is 5.19. The smallest absolute Gasteiger partial charge is 0.0558 e. The molecule has 0 aromatic heterocycles. The molecule has 0 saturated carbocycles. The second-order valence-electron chi connectivity index (χ2n) is 4.91. The molecule has 0 fully saturated rings. The number of nitrogens with one attached hydrogen (secondary N) is 1.